The van der Waals surface area contributed by atoms with E-state index >= 15 is 0 Å². The van der Waals surface area contributed by atoms with Crippen molar-refractivity contribution in [3.05, 3.63) is 42.6 Å². The first-order valence-corrected chi connectivity index (χ1v) is 11.6. The second kappa shape index (κ2) is 8.13. The molecule has 0 atom stereocenters. The highest BCUT2D eigenvalue weighted by atomic mass is 32.2. The van der Waals surface area contributed by atoms with Gasteiger partial charge in [-0.2, -0.15) is 4.31 Å². The summed E-state index contributed by atoms with van der Waals surface area (Å²) in [6.45, 7) is 4.88. The van der Waals surface area contributed by atoms with Crippen molar-refractivity contribution in [2.24, 2.45) is 0 Å². The molecule has 158 valence electrons. The van der Waals surface area contributed by atoms with E-state index in [1.54, 1.807) is 0 Å². The molecule has 0 aliphatic carbocycles. The van der Waals surface area contributed by atoms with Gasteiger partial charge in [-0.05, 0) is 19.1 Å². The third kappa shape index (κ3) is 4.20. The lowest BCUT2D eigenvalue weighted by atomic mass is 10.3. The van der Waals surface area contributed by atoms with E-state index in [1.807, 2.05) is 42.1 Å². The number of aryl methyl sites for hydroxylation is 1. The number of hydrogen-bond acceptors (Lipinski definition) is 8. The first-order chi connectivity index (χ1) is 14.3. The van der Waals surface area contributed by atoms with Crippen LogP contribution in [0.2, 0.25) is 0 Å². The van der Waals surface area contributed by atoms with Crippen molar-refractivity contribution in [3.63, 3.8) is 0 Å². The average Bonchev–Trinajstić information content (AvgIpc) is 3.39. The van der Waals surface area contributed by atoms with Gasteiger partial charge in [0.1, 0.15) is 17.5 Å². The predicted octanol–water partition coefficient (Wildman–Crippen LogP) is 1.50. The molecule has 1 fully saturated rings. The lowest BCUT2D eigenvalue weighted by molar-refractivity contribution is -0.114. The number of hydrogen-bond donors (Lipinski definition) is 1. The molecular formula is C18H21N7O3S2. The zero-order valence-corrected chi connectivity index (χ0v) is 18.2. The van der Waals surface area contributed by atoms with Gasteiger partial charge in [0.15, 0.2) is 9.34 Å². The molecule has 4 rings (SSSR count). The van der Waals surface area contributed by atoms with Gasteiger partial charge in [0, 0.05) is 51.6 Å². The Morgan fingerprint density at radius 3 is 2.43 bits per heavy atom. The Balaban J connectivity index is 1.47. The number of piperazine rings is 1. The van der Waals surface area contributed by atoms with Crippen molar-refractivity contribution in [1.29, 1.82) is 0 Å². The van der Waals surface area contributed by atoms with Crippen molar-refractivity contribution < 1.29 is 13.2 Å². The van der Waals surface area contributed by atoms with E-state index in [0.717, 1.165) is 23.0 Å². The molecule has 12 heteroatoms. The van der Waals surface area contributed by atoms with Gasteiger partial charge in [0.05, 0.1) is 6.20 Å². The molecule has 0 aromatic carbocycles. The number of anilines is 2. The molecule has 3 aromatic rings. The molecule has 0 spiro atoms. The van der Waals surface area contributed by atoms with E-state index in [2.05, 4.69) is 25.2 Å². The lowest BCUT2D eigenvalue weighted by Gasteiger charge is -2.34. The highest BCUT2D eigenvalue weighted by Gasteiger charge is 2.31. The van der Waals surface area contributed by atoms with E-state index in [-0.39, 0.29) is 15.2 Å². The van der Waals surface area contributed by atoms with Crippen molar-refractivity contribution in [3.8, 4) is 5.82 Å². The van der Waals surface area contributed by atoms with E-state index in [9.17, 15) is 13.2 Å². The van der Waals surface area contributed by atoms with Gasteiger partial charge in [-0.1, -0.05) is 11.3 Å². The maximum Gasteiger partial charge on any atom is 0.254 e. The predicted molar refractivity (Wildman–Crippen MR) is 113 cm³/mol. The van der Waals surface area contributed by atoms with Crippen LogP contribution in [0.1, 0.15) is 12.7 Å². The summed E-state index contributed by atoms with van der Waals surface area (Å²) >= 11 is 0.952. The van der Waals surface area contributed by atoms with Gasteiger partial charge in [-0.3, -0.25) is 4.79 Å². The van der Waals surface area contributed by atoms with E-state index in [4.69, 9.17) is 0 Å². The lowest BCUT2D eigenvalue weighted by Crippen LogP contribution is -2.48. The number of thiazole rings is 1. The molecule has 1 aliphatic rings. The van der Waals surface area contributed by atoms with Crippen LogP contribution in [0.3, 0.4) is 0 Å². The van der Waals surface area contributed by atoms with Crippen LogP contribution >= 0.6 is 11.3 Å². The Labute approximate surface area is 178 Å². The van der Waals surface area contributed by atoms with E-state index in [1.165, 1.54) is 17.4 Å². The minimum Gasteiger partial charge on any atom is -0.354 e. The van der Waals surface area contributed by atoms with Crippen molar-refractivity contribution in [2.45, 2.75) is 18.1 Å². The van der Waals surface area contributed by atoms with Gasteiger partial charge in [0.2, 0.25) is 5.91 Å². The molecule has 10 nitrogen and oxygen atoms in total. The van der Waals surface area contributed by atoms with Crippen LogP contribution < -0.4 is 10.2 Å². The summed E-state index contributed by atoms with van der Waals surface area (Å²) < 4.78 is 29.3. The zero-order chi connectivity index (χ0) is 21.3. The van der Waals surface area contributed by atoms with Gasteiger partial charge in [-0.15, -0.1) is 0 Å². The van der Waals surface area contributed by atoms with Gasteiger partial charge >= 0.3 is 0 Å². The molecule has 30 heavy (non-hydrogen) atoms. The molecule has 0 saturated carbocycles. The Bertz CT molecular complexity index is 1150. The van der Waals surface area contributed by atoms with Gasteiger partial charge < -0.3 is 14.8 Å². The Morgan fingerprint density at radius 2 is 1.77 bits per heavy atom. The van der Waals surface area contributed by atoms with Crippen molar-refractivity contribution in [2.75, 3.05) is 36.4 Å². The SMILES string of the molecule is CC(=O)Nc1ncc(S(=O)(=O)N2CCN(c3cc(-n4cccc4)nc(C)n3)CC2)s1. The highest BCUT2D eigenvalue weighted by Crippen LogP contribution is 2.27. The van der Waals surface area contributed by atoms with Crippen LogP contribution in [0.25, 0.3) is 5.82 Å². The van der Waals surface area contributed by atoms with Crippen LogP contribution in [-0.4, -0.2) is 64.3 Å². The Morgan fingerprint density at radius 1 is 1.10 bits per heavy atom. The summed E-state index contributed by atoms with van der Waals surface area (Å²) in [4.78, 5) is 26.2. The number of aromatic nitrogens is 4. The monoisotopic (exact) mass is 447 g/mol. The molecule has 0 bridgehead atoms. The third-order valence-corrected chi connectivity index (χ3v) is 7.85. The standard InChI is InChI=1S/C18H21N7O3S2/c1-13-20-15(23-5-3-4-6-23)11-16(21-13)24-7-9-25(10-8-24)30(27,28)17-12-19-18(29-17)22-14(2)26/h3-6,11-12H,7-10H2,1-2H3,(H,19,22,26). The molecular weight excluding hydrogens is 426 g/mol. The summed E-state index contributed by atoms with van der Waals surface area (Å²) in [5.41, 5.74) is 0. The first-order valence-electron chi connectivity index (χ1n) is 9.30. The molecule has 4 heterocycles. The Kier molecular flexibility index (Phi) is 5.54. The van der Waals surface area contributed by atoms with Crippen molar-refractivity contribution in [1.82, 2.24) is 23.8 Å². The molecule has 1 N–H and O–H groups in total. The molecule has 1 saturated heterocycles. The number of nitrogens with zero attached hydrogens (tertiary/aromatic N) is 6. The van der Waals surface area contributed by atoms with Crippen LogP contribution in [0.4, 0.5) is 10.9 Å². The molecule has 0 unspecified atom stereocenters. The maximum atomic E-state index is 12.9. The second-order valence-electron chi connectivity index (χ2n) is 6.78. The van der Waals surface area contributed by atoms with Gasteiger partial charge in [0.25, 0.3) is 10.0 Å². The zero-order valence-electron chi connectivity index (χ0n) is 16.5. The van der Waals surface area contributed by atoms with Crippen LogP contribution in [0, 0.1) is 6.92 Å². The number of nitrogens with one attached hydrogen (secondary N) is 1. The van der Waals surface area contributed by atoms with Crippen molar-refractivity contribution >= 4 is 38.2 Å². The fourth-order valence-electron chi connectivity index (χ4n) is 3.19. The van der Waals surface area contributed by atoms with E-state index < -0.39 is 10.0 Å². The summed E-state index contributed by atoms with van der Waals surface area (Å²) in [6, 6.07) is 5.76. The van der Waals surface area contributed by atoms with Crippen LogP contribution in [0.5, 0.6) is 0 Å². The number of carbonyl (C=O) groups excluding carboxylic acids is 1. The number of rotatable bonds is 5. The average molecular weight is 448 g/mol. The fourth-order valence-corrected chi connectivity index (χ4v) is 5.84. The molecule has 3 aromatic heterocycles. The number of amides is 1. The quantitative estimate of drug-likeness (QED) is 0.630. The summed E-state index contributed by atoms with van der Waals surface area (Å²) in [5.74, 6) is 1.91. The molecule has 1 aliphatic heterocycles. The first kappa shape index (κ1) is 20.4. The summed E-state index contributed by atoms with van der Waals surface area (Å²) in [7, 11) is -3.66. The summed E-state index contributed by atoms with van der Waals surface area (Å²) in [6.07, 6.45) is 5.12. The Hall–Kier alpha value is -2.83. The number of carbonyl (C=O) groups is 1. The summed E-state index contributed by atoms with van der Waals surface area (Å²) in [5, 5.41) is 2.78. The fraction of sp³-hybridized carbons (Fsp3) is 0.333. The largest absolute Gasteiger partial charge is 0.354 e. The smallest absolute Gasteiger partial charge is 0.254 e. The van der Waals surface area contributed by atoms with Gasteiger partial charge in [-0.25, -0.2) is 23.4 Å². The third-order valence-electron chi connectivity index (χ3n) is 4.60. The minimum absolute atomic E-state index is 0.118. The highest BCUT2D eigenvalue weighted by molar-refractivity contribution is 7.91. The molecule has 1 amide bonds. The second-order valence-corrected chi connectivity index (χ2v) is 9.97. The maximum absolute atomic E-state index is 12.9. The normalized spacial score (nSPS) is 15.3. The van der Waals surface area contributed by atoms with Crippen LogP contribution in [-0.2, 0) is 14.8 Å². The number of sulfonamides is 1. The van der Waals surface area contributed by atoms with Crippen LogP contribution in [0.15, 0.2) is 41.0 Å². The topological polar surface area (TPSA) is 113 Å². The van der Waals surface area contributed by atoms with E-state index in [0.29, 0.717) is 32.0 Å². The molecule has 0 radical (unpaired) electrons. The minimum atomic E-state index is -3.66.